The summed E-state index contributed by atoms with van der Waals surface area (Å²) in [6, 6.07) is 13.3. The molecular weight excluding hydrogens is 310 g/mol. The third-order valence-corrected chi connectivity index (χ3v) is 3.43. The molecule has 0 aliphatic carbocycles. The smallest absolute Gasteiger partial charge is 0.336 e. The topological polar surface area (TPSA) is 95.9 Å². The molecule has 2 aromatic carbocycles. The molecule has 0 aliphatic rings. The van der Waals surface area contributed by atoms with Crippen molar-refractivity contribution in [3.63, 3.8) is 0 Å². The molecule has 0 spiro atoms. The monoisotopic (exact) mass is 329 g/mol. The lowest BCUT2D eigenvalue weighted by atomic mass is 10.1. The molecule has 0 aromatic heterocycles. The highest BCUT2D eigenvalue weighted by Crippen LogP contribution is 2.16. The molecule has 6 heteroatoms. The van der Waals surface area contributed by atoms with E-state index in [1.165, 1.54) is 12.1 Å². The molecule has 24 heavy (non-hydrogen) atoms. The van der Waals surface area contributed by atoms with Crippen LogP contribution in [-0.2, 0) is 0 Å². The maximum absolute atomic E-state index is 12.1. The first-order valence-electron chi connectivity index (χ1n) is 7.46. The molecule has 3 N–H and O–H groups in total. The first-order valence-corrected chi connectivity index (χ1v) is 7.46. The SMILES string of the molecule is Cc1ccccc1OC[C@H](O)CNC(=O)c1ccccc1C(=O)O. The number of amides is 1. The molecule has 0 aliphatic heterocycles. The van der Waals surface area contributed by atoms with Gasteiger partial charge in [-0.05, 0) is 30.7 Å². The van der Waals surface area contributed by atoms with Crippen LogP contribution in [0.25, 0.3) is 0 Å². The maximum atomic E-state index is 12.1. The van der Waals surface area contributed by atoms with E-state index < -0.39 is 18.0 Å². The number of nitrogens with one attached hydrogen (secondary N) is 1. The highest BCUT2D eigenvalue weighted by Gasteiger charge is 2.16. The highest BCUT2D eigenvalue weighted by molar-refractivity contribution is 6.04. The fourth-order valence-electron chi connectivity index (χ4n) is 2.14. The number of carbonyl (C=O) groups is 2. The van der Waals surface area contributed by atoms with E-state index in [0.29, 0.717) is 5.75 Å². The molecule has 0 saturated carbocycles. The van der Waals surface area contributed by atoms with Gasteiger partial charge in [-0.1, -0.05) is 30.3 Å². The van der Waals surface area contributed by atoms with Crippen molar-refractivity contribution in [3.8, 4) is 5.75 Å². The number of aliphatic hydroxyl groups is 1. The van der Waals surface area contributed by atoms with Crippen molar-refractivity contribution < 1.29 is 24.5 Å². The van der Waals surface area contributed by atoms with Crippen LogP contribution in [0.15, 0.2) is 48.5 Å². The van der Waals surface area contributed by atoms with Crippen LogP contribution in [0.1, 0.15) is 26.3 Å². The minimum Gasteiger partial charge on any atom is -0.491 e. The average molecular weight is 329 g/mol. The second-order valence-electron chi connectivity index (χ2n) is 5.29. The zero-order valence-electron chi connectivity index (χ0n) is 13.2. The van der Waals surface area contributed by atoms with E-state index in [2.05, 4.69) is 5.32 Å². The number of aromatic carboxylic acids is 1. The molecule has 0 saturated heterocycles. The zero-order chi connectivity index (χ0) is 17.5. The molecule has 1 atom stereocenters. The Morgan fingerprint density at radius 2 is 1.71 bits per heavy atom. The Balaban J connectivity index is 1.88. The van der Waals surface area contributed by atoms with Gasteiger partial charge in [-0.25, -0.2) is 4.79 Å². The van der Waals surface area contributed by atoms with Gasteiger partial charge >= 0.3 is 5.97 Å². The van der Waals surface area contributed by atoms with Crippen LogP contribution in [0.2, 0.25) is 0 Å². The summed E-state index contributed by atoms with van der Waals surface area (Å²) in [5.41, 5.74) is 0.918. The first-order chi connectivity index (χ1) is 11.5. The van der Waals surface area contributed by atoms with Gasteiger partial charge in [0.15, 0.2) is 0 Å². The number of carboxylic acid groups (broad SMARTS) is 1. The van der Waals surface area contributed by atoms with Crippen LogP contribution in [0.4, 0.5) is 0 Å². The van der Waals surface area contributed by atoms with E-state index in [-0.39, 0.29) is 24.3 Å². The molecular formula is C18H19NO5. The van der Waals surface area contributed by atoms with E-state index in [4.69, 9.17) is 9.84 Å². The Hall–Kier alpha value is -2.86. The zero-order valence-corrected chi connectivity index (χ0v) is 13.2. The van der Waals surface area contributed by atoms with Gasteiger partial charge < -0.3 is 20.3 Å². The number of carbonyl (C=O) groups excluding carboxylic acids is 1. The van der Waals surface area contributed by atoms with Gasteiger partial charge in [0.05, 0.1) is 11.1 Å². The predicted molar refractivity (Wildman–Crippen MR) is 88.4 cm³/mol. The highest BCUT2D eigenvalue weighted by atomic mass is 16.5. The van der Waals surface area contributed by atoms with E-state index >= 15 is 0 Å². The van der Waals surface area contributed by atoms with Gasteiger partial charge in [0, 0.05) is 6.54 Å². The summed E-state index contributed by atoms with van der Waals surface area (Å²) < 4.78 is 5.50. The Kier molecular flexibility index (Phi) is 5.92. The van der Waals surface area contributed by atoms with Crippen molar-refractivity contribution in [1.82, 2.24) is 5.32 Å². The van der Waals surface area contributed by atoms with Crippen molar-refractivity contribution >= 4 is 11.9 Å². The maximum Gasteiger partial charge on any atom is 0.336 e. The van der Waals surface area contributed by atoms with Crippen molar-refractivity contribution in [2.24, 2.45) is 0 Å². The number of aryl methyl sites for hydroxylation is 1. The largest absolute Gasteiger partial charge is 0.491 e. The van der Waals surface area contributed by atoms with Gasteiger partial charge in [-0.15, -0.1) is 0 Å². The summed E-state index contributed by atoms with van der Waals surface area (Å²) in [6.45, 7) is 1.87. The van der Waals surface area contributed by atoms with E-state index in [9.17, 15) is 14.7 Å². The van der Waals surface area contributed by atoms with Crippen molar-refractivity contribution in [2.45, 2.75) is 13.0 Å². The fraction of sp³-hybridized carbons (Fsp3) is 0.222. The number of hydrogen-bond acceptors (Lipinski definition) is 4. The predicted octanol–water partition coefficient (Wildman–Crippen LogP) is 1.86. The first kappa shape index (κ1) is 17.5. The molecule has 126 valence electrons. The standard InChI is InChI=1S/C18H19NO5/c1-12-6-2-5-9-16(12)24-11-13(20)10-19-17(21)14-7-3-4-8-15(14)18(22)23/h2-9,13,20H,10-11H2,1H3,(H,19,21)(H,22,23)/t13-/m1/s1. The fourth-order valence-corrected chi connectivity index (χ4v) is 2.14. The second kappa shape index (κ2) is 8.12. The number of benzene rings is 2. The van der Waals surface area contributed by atoms with Crippen LogP contribution < -0.4 is 10.1 Å². The summed E-state index contributed by atoms with van der Waals surface area (Å²) in [7, 11) is 0. The second-order valence-corrected chi connectivity index (χ2v) is 5.29. The Labute approximate surface area is 139 Å². The number of aliphatic hydroxyl groups excluding tert-OH is 1. The summed E-state index contributed by atoms with van der Waals surface area (Å²) in [6.07, 6.45) is -0.912. The lowest BCUT2D eigenvalue weighted by molar-refractivity contribution is 0.0689. The van der Waals surface area contributed by atoms with Gasteiger partial charge in [0.2, 0.25) is 0 Å². The Morgan fingerprint density at radius 1 is 1.08 bits per heavy atom. The normalized spacial score (nSPS) is 11.6. The molecule has 6 nitrogen and oxygen atoms in total. The number of hydrogen-bond donors (Lipinski definition) is 3. The molecule has 0 bridgehead atoms. The molecule has 0 heterocycles. The number of ether oxygens (including phenoxy) is 1. The quantitative estimate of drug-likeness (QED) is 0.720. The molecule has 1 amide bonds. The van der Waals surface area contributed by atoms with Crippen molar-refractivity contribution in [2.75, 3.05) is 13.2 Å². The van der Waals surface area contributed by atoms with Gasteiger partial charge in [-0.2, -0.15) is 0 Å². The summed E-state index contributed by atoms with van der Waals surface area (Å²) in [5, 5.41) is 21.5. The lowest BCUT2D eigenvalue weighted by Gasteiger charge is -2.15. The van der Waals surface area contributed by atoms with Gasteiger partial charge in [0.1, 0.15) is 18.5 Å². The van der Waals surface area contributed by atoms with E-state index in [1.807, 2.05) is 25.1 Å². The lowest BCUT2D eigenvalue weighted by Crippen LogP contribution is -2.36. The number of rotatable bonds is 7. The minimum atomic E-state index is -1.18. The van der Waals surface area contributed by atoms with E-state index in [1.54, 1.807) is 18.2 Å². The van der Waals surface area contributed by atoms with Crippen LogP contribution >= 0.6 is 0 Å². The van der Waals surface area contributed by atoms with Crippen LogP contribution in [0, 0.1) is 6.92 Å². The summed E-state index contributed by atoms with van der Waals surface area (Å²) in [4.78, 5) is 23.2. The molecule has 2 aromatic rings. The van der Waals surface area contributed by atoms with Crippen LogP contribution in [0.5, 0.6) is 5.75 Å². The Morgan fingerprint density at radius 3 is 2.38 bits per heavy atom. The molecule has 0 fully saturated rings. The number of para-hydroxylation sites is 1. The molecule has 2 rings (SSSR count). The van der Waals surface area contributed by atoms with Crippen molar-refractivity contribution in [1.29, 1.82) is 0 Å². The minimum absolute atomic E-state index is 0.0196. The van der Waals surface area contributed by atoms with Crippen LogP contribution in [-0.4, -0.2) is 41.3 Å². The summed E-state index contributed by atoms with van der Waals surface area (Å²) in [5.74, 6) is -1.06. The third kappa shape index (κ3) is 4.57. The van der Waals surface area contributed by atoms with Gasteiger partial charge in [-0.3, -0.25) is 4.79 Å². The number of carboxylic acids is 1. The van der Waals surface area contributed by atoms with Crippen LogP contribution in [0.3, 0.4) is 0 Å². The van der Waals surface area contributed by atoms with E-state index in [0.717, 1.165) is 5.56 Å². The average Bonchev–Trinajstić information content (AvgIpc) is 2.59. The van der Waals surface area contributed by atoms with Gasteiger partial charge in [0.25, 0.3) is 5.91 Å². The molecule has 0 unspecified atom stereocenters. The van der Waals surface area contributed by atoms with Crippen molar-refractivity contribution in [3.05, 3.63) is 65.2 Å². The Bertz CT molecular complexity index is 729. The molecule has 0 radical (unpaired) electrons. The third-order valence-electron chi connectivity index (χ3n) is 3.43. The summed E-state index contributed by atoms with van der Waals surface area (Å²) >= 11 is 0.